The maximum Gasteiger partial charge on any atom is 0.311 e. The van der Waals surface area contributed by atoms with Crippen LogP contribution >= 0.6 is 0 Å². The second kappa shape index (κ2) is 8.31. The van der Waals surface area contributed by atoms with Crippen molar-refractivity contribution in [1.29, 1.82) is 0 Å². The van der Waals surface area contributed by atoms with Gasteiger partial charge in [0.05, 0.1) is 12.0 Å². The predicted molar refractivity (Wildman–Crippen MR) is 106 cm³/mol. The van der Waals surface area contributed by atoms with E-state index in [1.807, 2.05) is 67.6 Å². The van der Waals surface area contributed by atoms with Crippen molar-refractivity contribution in [3.05, 3.63) is 78.0 Å². The SMILES string of the molecule is C[C@@H](c1ccccc1)N1C[C@H](C(=O)OCc2cc(-c3ccccc3)on2)CC1=O. The van der Waals surface area contributed by atoms with Crippen LogP contribution in [0.2, 0.25) is 0 Å². The van der Waals surface area contributed by atoms with Crippen LogP contribution in [0.15, 0.2) is 71.3 Å². The van der Waals surface area contributed by atoms with Gasteiger partial charge in [-0.2, -0.15) is 0 Å². The minimum absolute atomic E-state index is 0.0219. The van der Waals surface area contributed by atoms with E-state index >= 15 is 0 Å². The molecule has 2 aromatic carbocycles. The minimum atomic E-state index is -0.464. The third-order valence-corrected chi connectivity index (χ3v) is 5.22. The molecule has 0 saturated carbocycles. The molecule has 1 aromatic heterocycles. The standard InChI is InChI=1S/C23H22N2O4/c1-16(17-8-4-2-5-9-17)25-14-19(12-22(25)26)23(27)28-15-20-13-21(29-24-20)18-10-6-3-7-11-18/h2-11,13,16,19H,12,14-15H2,1H3/t16-,19+/m0/s1. The molecule has 0 bridgehead atoms. The molecule has 0 unspecified atom stereocenters. The number of hydrogen-bond donors (Lipinski definition) is 0. The molecule has 2 atom stereocenters. The number of carbonyl (C=O) groups excluding carboxylic acids is 2. The monoisotopic (exact) mass is 390 g/mol. The summed E-state index contributed by atoms with van der Waals surface area (Å²) in [4.78, 5) is 26.7. The lowest BCUT2D eigenvalue weighted by Gasteiger charge is -2.25. The molecule has 1 aliphatic heterocycles. The number of ether oxygens (including phenoxy) is 1. The van der Waals surface area contributed by atoms with E-state index in [0.29, 0.717) is 18.0 Å². The van der Waals surface area contributed by atoms with Crippen LogP contribution in [0.4, 0.5) is 0 Å². The molecule has 29 heavy (non-hydrogen) atoms. The molecule has 0 aliphatic carbocycles. The van der Waals surface area contributed by atoms with Gasteiger partial charge in [-0.25, -0.2) is 0 Å². The summed E-state index contributed by atoms with van der Waals surface area (Å²) in [6.45, 7) is 2.36. The van der Waals surface area contributed by atoms with Crippen molar-refractivity contribution in [3.63, 3.8) is 0 Å². The second-order valence-electron chi connectivity index (χ2n) is 7.19. The Morgan fingerprint density at radius 2 is 1.86 bits per heavy atom. The van der Waals surface area contributed by atoms with Gasteiger partial charge in [0.25, 0.3) is 0 Å². The van der Waals surface area contributed by atoms with Crippen LogP contribution in [0.25, 0.3) is 11.3 Å². The lowest BCUT2D eigenvalue weighted by molar-refractivity contribution is -0.149. The number of aromatic nitrogens is 1. The number of hydrogen-bond acceptors (Lipinski definition) is 5. The molecule has 1 amide bonds. The van der Waals surface area contributed by atoms with Gasteiger partial charge in [0.1, 0.15) is 12.3 Å². The Morgan fingerprint density at radius 3 is 2.59 bits per heavy atom. The number of likely N-dealkylation sites (tertiary alicyclic amines) is 1. The maximum atomic E-state index is 12.5. The molecule has 1 fully saturated rings. The molecule has 0 radical (unpaired) electrons. The third-order valence-electron chi connectivity index (χ3n) is 5.22. The highest BCUT2D eigenvalue weighted by atomic mass is 16.5. The van der Waals surface area contributed by atoms with Gasteiger partial charge in [0.15, 0.2) is 5.76 Å². The summed E-state index contributed by atoms with van der Waals surface area (Å²) in [7, 11) is 0. The number of esters is 1. The number of rotatable bonds is 6. The van der Waals surface area contributed by atoms with Gasteiger partial charge in [-0.3, -0.25) is 9.59 Å². The summed E-state index contributed by atoms with van der Waals surface area (Å²) < 4.78 is 10.7. The van der Waals surface area contributed by atoms with Gasteiger partial charge in [-0.1, -0.05) is 65.8 Å². The summed E-state index contributed by atoms with van der Waals surface area (Å²) >= 11 is 0. The Labute approximate surface area is 169 Å². The third kappa shape index (κ3) is 4.21. The van der Waals surface area contributed by atoms with Crippen LogP contribution in [-0.4, -0.2) is 28.5 Å². The summed E-state index contributed by atoms with van der Waals surface area (Å²) in [6, 6.07) is 21.1. The molecular formula is C23H22N2O4. The van der Waals surface area contributed by atoms with Crippen LogP contribution in [0.3, 0.4) is 0 Å². The number of amides is 1. The van der Waals surface area contributed by atoms with Gasteiger partial charge in [-0.15, -0.1) is 0 Å². The van der Waals surface area contributed by atoms with E-state index in [9.17, 15) is 9.59 Å². The summed E-state index contributed by atoms with van der Waals surface area (Å²) in [5, 5.41) is 3.96. The molecule has 4 rings (SSSR count). The topological polar surface area (TPSA) is 72.6 Å². The van der Waals surface area contributed by atoms with Crippen molar-refractivity contribution in [3.8, 4) is 11.3 Å². The van der Waals surface area contributed by atoms with Crippen LogP contribution in [0.5, 0.6) is 0 Å². The second-order valence-corrected chi connectivity index (χ2v) is 7.19. The zero-order chi connectivity index (χ0) is 20.2. The Bertz CT molecular complexity index is 984. The Kier molecular flexibility index (Phi) is 5.42. The molecule has 1 aliphatic rings. The first-order chi connectivity index (χ1) is 14.1. The Morgan fingerprint density at radius 1 is 1.17 bits per heavy atom. The highest BCUT2D eigenvalue weighted by Gasteiger charge is 2.38. The average molecular weight is 390 g/mol. The normalized spacial score (nSPS) is 17.3. The molecule has 0 N–H and O–H groups in total. The van der Waals surface area contributed by atoms with E-state index in [1.165, 1.54) is 0 Å². The van der Waals surface area contributed by atoms with Gasteiger partial charge < -0.3 is 14.2 Å². The number of nitrogens with zero attached hydrogens (tertiary/aromatic N) is 2. The van der Waals surface area contributed by atoms with E-state index in [-0.39, 0.29) is 30.9 Å². The smallest absolute Gasteiger partial charge is 0.311 e. The lowest BCUT2D eigenvalue weighted by atomic mass is 10.1. The fourth-order valence-electron chi connectivity index (χ4n) is 3.56. The molecule has 0 spiro atoms. The first kappa shape index (κ1) is 18.9. The van der Waals surface area contributed by atoms with Crippen molar-refractivity contribution in [1.82, 2.24) is 10.1 Å². The van der Waals surface area contributed by atoms with Gasteiger partial charge in [0.2, 0.25) is 5.91 Å². The fourth-order valence-corrected chi connectivity index (χ4v) is 3.56. The molecule has 2 heterocycles. The van der Waals surface area contributed by atoms with Crippen molar-refractivity contribution >= 4 is 11.9 Å². The van der Waals surface area contributed by atoms with Crippen LogP contribution in [0.1, 0.15) is 30.6 Å². The van der Waals surface area contributed by atoms with Crippen molar-refractivity contribution in [2.45, 2.75) is 26.0 Å². The van der Waals surface area contributed by atoms with E-state index in [0.717, 1.165) is 11.1 Å². The molecule has 148 valence electrons. The first-order valence-corrected chi connectivity index (χ1v) is 9.64. The average Bonchev–Trinajstić information content (AvgIpc) is 3.40. The van der Waals surface area contributed by atoms with Crippen LogP contribution in [-0.2, 0) is 20.9 Å². The summed E-state index contributed by atoms with van der Waals surface area (Å²) in [6.07, 6.45) is 0.171. The largest absolute Gasteiger partial charge is 0.459 e. The maximum absolute atomic E-state index is 12.5. The number of benzene rings is 2. The summed E-state index contributed by atoms with van der Waals surface area (Å²) in [5.41, 5.74) is 2.49. The molecule has 1 saturated heterocycles. The molecule has 6 heteroatoms. The molecule has 6 nitrogen and oxygen atoms in total. The van der Waals surface area contributed by atoms with Crippen LogP contribution < -0.4 is 0 Å². The first-order valence-electron chi connectivity index (χ1n) is 9.64. The van der Waals surface area contributed by atoms with Crippen molar-refractivity contribution in [2.24, 2.45) is 5.92 Å². The summed E-state index contributed by atoms with van der Waals surface area (Å²) in [5.74, 6) is -0.258. The Balaban J connectivity index is 1.34. The van der Waals surface area contributed by atoms with Gasteiger partial charge >= 0.3 is 5.97 Å². The van der Waals surface area contributed by atoms with Gasteiger partial charge in [0, 0.05) is 24.6 Å². The van der Waals surface area contributed by atoms with Crippen LogP contribution in [0, 0.1) is 5.92 Å². The zero-order valence-electron chi connectivity index (χ0n) is 16.2. The van der Waals surface area contributed by atoms with Crippen molar-refractivity contribution < 1.29 is 18.8 Å². The van der Waals surface area contributed by atoms with E-state index in [4.69, 9.17) is 9.26 Å². The molecule has 3 aromatic rings. The fraction of sp³-hybridized carbons (Fsp3) is 0.261. The van der Waals surface area contributed by atoms with E-state index < -0.39 is 5.92 Å². The molecular weight excluding hydrogens is 368 g/mol. The minimum Gasteiger partial charge on any atom is -0.459 e. The van der Waals surface area contributed by atoms with Gasteiger partial charge in [-0.05, 0) is 12.5 Å². The van der Waals surface area contributed by atoms with E-state index in [1.54, 1.807) is 11.0 Å². The highest BCUT2D eigenvalue weighted by molar-refractivity contribution is 5.87. The Hall–Kier alpha value is -3.41. The zero-order valence-corrected chi connectivity index (χ0v) is 16.2. The predicted octanol–water partition coefficient (Wildman–Crippen LogP) is 3.99. The highest BCUT2D eigenvalue weighted by Crippen LogP contribution is 2.29. The number of carbonyl (C=O) groups is 2. The lowest BCUT2D eigenvalue weighted by Crippen LogP contribution is -2.29. The van der Waals surface area contributed by atoms with E-state index in [2.05, 4.69) is 5.16 Å². The quantitative estimate of drug-likeness (QED) is 0.595. The van der Waals surface area contributed by atoms with Crippen molar-refractivity contribution in [2.75, 3.05) is 6.54 Å².